The van der Waals surface area contributed by atoms with Crippen LogP contribution in [-0.2, 0) is 4.79 Å². The summed E-state index contributed by atoms with van der Waals surface area (Å²) in [5.41, 5.74) is 5.82. The van der Waals surface area contributed by atoms with Gasteiger partial charge in [0.1, 0.15) is 6.33 Å². The van der Waals surface area contributed by atoms with E-state index in [-0.39, 0.29) is 17.9 Å². The minimum atomic E-state index is 0.0367. The van der Waals surface area contributed by atoms with Crippen molar-refractivity contribution < 1.29 is 9.53 Å². The van der Waals surface area contributed by atoms with Crippen molar-refractivity contribution in [1.82, 2.24) is 15.3 Å². The molecule has 2 saturated heterocycles. The molecule has 1 amide bonds. The van der Waals surface area contributed by atoms with E-state index < -0.39 is 0 Å². The number of nitrogens with one attached hydrogen (secondary N) is 1. The third kappa shape index (κ3) is 1.85. The number of carbonyl (C=O) groups is 1. The summed E-state index contributed by atoms with van der Waals surface area (Å²) in [5, 5.41) is 2.92. The number of piperidine rings is 1. The lowest BCUT2D eigenvalue weighted by atomic mass is 9.91. The monoisotopic (exact) mass is 263 g/mol. The van der Waals surface area contributed by atoms with Gasteiger partial charge in [0.05, 0.1) is 19.1 Å². The summed E-state index contributed by atoms with van der Waals surface area (Å²) in [6, 6.07) is 0.129. The number of ether oxygens (including phenoxy) is 1. The average molecular weight is 263 g/mol. The van der Waals surface area contributed by atoms with E-state index in [2.05, 4.69) is 20.2 Å². The van der Waals surface area contributed by atoms with Gasteiger partial charge in [0, 0.05) is 13.1 Å². The predicted molar refractivity (Wildman–Crippen MR) is 69.9 cm³/mol. The van der Waals surface area contributed by atoms with E-state index in [1.807, 2.05) is 0 Å². The SMILES string of the molecule is COc1c(N)ncnc1N1CCCC2C(=O)NCC21. The Morgan fingerprint density at radius 2 is 2.37 bits per heavy atom. The summed E-state index contributed by atoms with van der Waals surface area (Å²) in [6.07, 6.45) is 3.32. The van der Waals surface area contributed by atoms with Crippen LogP contribution in [0, 0.1) is 5.92 Å². The smallest absolute Gasteiger partial charge is 0.225 e. The number of rotatable bonds is 2. The number of nitrogens with two attached hydrogens (primary N) is 1. The molecule has 19 heavy (non-hydrogen) atoms. The van der Waals surface area contributed by atoms with Crippen molar-refractivity contribution in [2.75, 3.05) is 30.8 Å². The lowest BCUT2D eigenvalue weighted by Gasteiger charge is -2.37. The Labute approximate surface area is 111 Å². The van der Waals surface area contributed by atoms with E-state index in [1.165, 1.54) is 6.33 Å². The molecule has 0 spiro atoms. The molecule has 3 heterocycles. The van der Waals surface area contributed by atoms with E-state index >= 15 is 0 Å². The highest BCUT2D eigenvalue weighted by Crippen LogP contribution is 2.36. The van der Waals surface area contributed by atoms with Crippen molar-refractivity contribution in [2.24, 2.45) is 5.92 Å². The number of carbonyl (C=O) groups excluding carboxylic acids is 1. The van der Waals surface area contributed by atoms with Gasteiger partial charge in [-0.25, -0.2) is 9.97 Å². The van der Waals surface area contributed by atoms with E-state index in [9.17, 15) is 4.79 Å². The first-order valence-electron chi connectivity index (χ1n) is 6.41. The number of methoxy groups -OCH3 is 1. The second kappa shape index (κ2) is 4.56. The minimum absolute atomic E-state index is 0.0367. The summed E-state index contributed by atoms with van der Waals surface area (Å²) in [4.78, 5) is 22.1. The van der Waals surface area contributed by atoms with Crippen molar-refractivity contribution in [3.05, 3.63) is 6.33 Å². The molecule has 2 atom stereocenters. The van der Waals surface area contributed by atoms with Crippen LogP contribution in [0.25, 0.3) is 0 Å². The van der Waals surface area contributed by atoms with Crippen LogP contribution >= 0.6 is 0 Å². The first-order chi connectivity index (χ1) is 9.22. The summed E-state index contributed by atoms with van der Waals surface area (Å²) < 4.78 is 5.31. The zero-order valence-corrected chi connectivity index (χ0v) is 10.8. The van der Waals surface area contributed by atoms with Crippen molar-refractivity contribution in [3.8, 4) is 5.75 Å². The highest BCUT2D eigenvalue weighted by molar-refractivity contribution is 5.83. The summed E-state index contributed by atoms with van der Waals surface area (Å²) >= 11 is 0. The van der Waals surface area contributed by atoms with Gasteiger partial charge in [-0.3, -0.25) is 4.79 Å². The topological polar surface area (TPSA) is 93.4 Å². The molecule has 2 unspecified atom stereocenters. The second-order valence-corrected chi connectivity index (χ2v) is 4.87. The largest absolute Gasteiger partial charge is 0.490 e. The third-order valence-electron chi connectivity index (χ3n) is 3.89. The number of hydrogen-bond acceptors (Lipinski definition) is 6. The molecule has 7 heteroatoms. The maximum Gasteiger partial charge on any atom is 0.225 e. The molecular weight excluding hydrogens is 246 g/mol. The van der Waals surface area contributed by atoms with E-state index in [1.54, 1.807) is 7.11 Å². The van der Waals surface area contributed by atoms with Crippen molar-refractivity contribution >= 4 is 17.5 Å². The van der Waals surface area contributed by atoms with Crippen LogP contribution in [0.2, 0.25) is 0 Å². The molecule has 2 aliphatic heterocycles. The summed E-state index contributed by atoms with van der Waals surface area (Å²) in [7, 11) is 1.55. The van der Waals surface area contributed by atoms with Crippen LogP contribution in [0.1, 0.15) is 12.8 Å². The van der Waals surface area contributed by atoms with Gasteiger partial charge in [0.15, 0.2) is 11.6 Å². The molecule has 1 aromatic rings. The summed E-state index contributed by atoms with van der Waals surface area (Å²) in [5.74, 6) is 1.67. The molecule has 102 valence electrons. The van der Waals surface area contributed by atoms with Crippen molar-refractivity contribution in [3.63, 3.8) is 0 Å². The molecule has 0 saturated carbocycles. The van der Waals surface area contributed by atoms with Crippen LogP contribution in [0.5, 0.6) is 5.75 Å². The maximum atomic E-state index is 11.8. The molecule has 0 bridgehead atoms. The predicted octanol–water partition coefficient (Wildman–Crippen LogP) is -0.218. The molecule has 1 aromatic heterocycles. The van der Waals surface area contributed by atoms with Gasteiger partial charge in [-0.05, 0) is 12.8 Å². The Morgan fingerprint density at radius 1 is 1.53 bits per heavy atom. The van der Waals surface area contributed by atoms with Crippen molar-refractivity contribution in [2.45, 2.75) is 18.9 Å². The number of aromatic nitrogens is 2. The fourth-order valence-corrected chi connectivity index (χ4v) is 2.99. The van der Waals surface area contributed by atoms with Gasteiger partial charge in [0.25, 0.3) is 0 Å². The third-order valence-corrected chi connectivity index (χ3v) is 3.89. The standard InChI is InChI=1S/C12H17N5O2/c1-19-9-10(13)15-6-16-11(9)17-4-2-3-7-8(17)5-14-12(7)18/h6-8H,2-5H2,1H3,(H,14,18)(H2,13,15,16). The Morgan fingerprint density at radius 3 is 3.16 bits per heavy atom. The van der Waals surface area contributed by atoms with Crippen LogP contribution in [0.3, 0.4) is 0 Å². The van der Waals surface area contributed by atoms with E-state index in [0.29, 0.717) is 23.9 Å². The van der Waals surface area contributed by atoms with Gasteiger partial charge >= 0.3 is 0 Å². The Bertz CT molecular complexity index is 507. The summed E-state index contributed by atoms with van der Waals surface area (Å²) in [6.45, 7) is 1.50. The van der Waals surface area contributed by atoms with E-state index in [0.717, 1.165) is 19.4 Å². The number of anilines is 2. The molecule has 0 aromatic carbocycles. The first kappa shape index (κ1) is 12.0. The molecule has 0 aliphatic carbocycles. The number of amides is 1. The van der Waals surface area contributed by atoms with Gasteiger partial charge in [-0.2, -0.15) is 0 Å². The Balaban J connectivity index is 1.97. The zero-order chi connectivity index (χ0) is 13.4. The number of hydrogen-bond donors (Lipinski definition) is 2. The van der Waals surface area contributed by atoms with Gasteiger partial charge in [-0.15, -0.1) is 0 Å². The first-order valence-corrected chi connectivity index (χ1v) is 6.41. The van der Waals surface area contributed by atoms with Crippen LogP contribution in [-0.4, -0.2) is 42.1 Å². The molecule has 3 N–H and O–H groups in total. The quantitative estimate of drug-likeness (QED) is 0.766. The number of nitrogen functional groups attached to an aromatic ring is 1. The van der Waals surface area contributed by atoms with Crippen LogP contribution in [0.4, 0.5) is 11.6 Å². The lowest BCUT2D eigenvalue weighted by molar-refractivity contribution is -0.123. The minimum Gasteiger partial charge on any atom is -0.490 e. The van der Waals surface area contributed by atoms with Crippen LogP contribution < -0.4 is 20.7 Å². The fraction of sp³-hybridized carbons (Fsp3) is 0.583. The average Bonchev–Trinajstić information content (AvgIpc) is 2.80. The Kier molecular flexibility index (Phi) is 2.88. The second-order valence-electron chi connectivity index (χ2n) is 4.87. The normalized spacial score (nSPS) is 25.9. The van der Waals surface area contributed by atoms with Gasteiger partial charge in [0.2, 0.25) is 11.7 Å². The highest BCUT2D eigenvalue weighted by atomic mass is 16.5. The van der Waals surface area contributed by atoms with Crippen molar-refractivity contribution in [1.29, 1.82) is 0 Å². The molecule has 2 fully saturated rings. The lowest BCUT2D eigenvalue weighted by Crippen LogP contribution is -2.46. The fourth-order valence-electron chi connectivity index (χ4n) is 2.99. The number of nitrogens with zero attached hydrogens (tertiary/aromatic N) is 3. The molecule has 3 rings (SSSR count). The molecule has 2 aliphatic rings. The molecule has 7 nitrogen and oxygen atoms in total. The molecular formula is C12H17N5O2. The van der Waals surface area contributed by atoms with E-state index in [4.69, 9.17) is 10.5 Å². The zero-order valence-electron chi connectivity index (χ0n) is 10.8. The highest BCUT2D eigenvalue weighted by Gasteiger charge is 2.42. The Hall–Kier alpha value is -2.05. The molecule has 0 radical (unpaired) electrons. The van der Waals surface area contributed by atoms with Crippen LogP contribution in [0.15, 0.2) is 6.33 Å². The maximum absolute atomic E-state index is 11.8. The van der Waals surface area contributed by atoms with Gasteiger partial charge in [-0.1, -0.05) is 0 Å². The van der Waals surface area contributed by atoms with Gasteiger partial charge < -0.3 is 20.7 Å². The number of fused-ring (bicyclic) bond motifs is 1.